The summed E-state index contributed by atoms with van der Waals surface area (Å²) in [6, 6.07) is 7.71. The summed E-state index contributed by atoms with van der Waals surface area (Å²) in [5, 5.41) is 16.6. The molecule has 4 N–H and O–H groups in total. The number of nitrogen functional groups attached to an aromatic ring is 1. The van der Waals surface area contributed by atoms with Crippen molar-refractivity contribution in [2.75, 3.05) is 19.7 Å². The van der Waals surface area contributed by atoms with Crippen LogP contribution in [0.5, 0.6) is 0 Å². The molecule has 0 aromatic heterocycles. The molecule has 0 spiro atoms. The summed E-state index contributed by atoms with van der Waals surface area (Å²) in [6.07, 6.45) is 0.0441. The van der Waals surface area contributed by atoms with E-state index in [2.05, 4.69) is 4.90 Å². The number of rotatable bonds is 4. The molecule has 1 saturated heterocycles. The van der Waals surface area contributed by atoms with Crippen LogP contribution in [-0.2, 0) is 11.3 Å². The molecule has 5 heteroatoms. The maximum absolute atomic E-state index is 9.20. The van der Waals surface area contributed by atoms with E-state index in [0.29, 0.717) is 0 Å². The van der Waals surface area contributed by atoms with Crippen LogP contribution < -0.4 is 5.73 Å². The van der Waals surface area contributed by atoms with E-state index in [0.717, 1.165) is 25.2 Å². The molecule has 1 aromatic carbocycles. The smallest absolute Gasteiger partial charge is 0.122 e. The van der Waals surface area contributed by atoms with Gasteiger partial charge in [0.15, 0.2) is 0 Å². The van der Waals surface area contributed by atoms with Crippen LogP contribution in [0.25, 0.3) is 0 Å². The first kappa shape index (κ1) is 14.0. The van der Waals surface area contributed by atoms with Crippen molar-refractivity contribution in [2.45, 2.75) is 25.7 Å². The second-order valence-corrected chi connectivity index (χ2v) is 5.06. The van der Waals surface area contributed by atoms with Crippen molar-refractivity contribution in [3.05, 3.63) is 35.4 Å². The molecule has 1 aliphatic rings. The Labute approximate surface area is 113 Å². The molecule has 0 aliphatic carbocycles. The van der Waals surface area contributed by atoms with Gasteiger partial charge in [-0.05, 0) is 12.5 Å². The Morgan fingerprint density at radius 3 is 2.68 bits per heavy atom. The maximum atomic E-state index is 9.20. The number of nitrogens with two attached hydrogens (primary N) is 1. The van der Waals surface area contributed by atoms with Gasteiger partial charge >= 0.3 is 0 Å². The molecule has 0 amide bonds. The molecule has 2 unspecified atom stereocenters. The van der Waals surface area contributed by atoms with Gasteiger partial charge in [-0.15, -0.1) is 0 Å². The lowest BCUT2D eigenvalue weighted by atomic mass is 10.1. The fourth-order valence-corrected chi connectivity index (χ4v) is 2.42. The van der Waals surface area contributed by atoms with Crippen LogP contribution in [0.3, 0.4) is 0 Å². The van der Waals surface area contributed by atoms with Gasteiger partial charge in [0.05, 0.1) is 18.8 Å². The van der Waals surface area contributed by atoms with E-state index in [9.17, 15) is 5.11 Å². The minimum atomic E-state index is -0.0970. The summed E-state index contributed by atoms with van der Waals surface area (Å²) in [7, 11) is 0. The Kier molecular flexibility index (Phi) is 4.52. The molecular weight excluding hydrogens is 242 g/mol. The second-order valence-electron chi connectivity index (χ2n) is 5.06. The summed E-state index contributed by atoms with van der Waals surface area (Å²) in [6.45, 7) is 4.51. The molecule has 104 valence electrons. The average Bonchev–Trinajstić information content (AvgIpc) is 2.38. The molecule has 2 rings (SSSR count). The van der Waals surface area contributed by atoms with E-state index < -0.39 is 0 Å². The molecule has 2 atom stereocenters. The Bertz CT molecular complexity index is 433. The van der Waals surface area contributed by atoms with Gasteiger partial charge in [-0.3, -0.25) is 10.3 Å². The van der Waals surface area contributed by atoms with Gasteiger partial charge in [-0.25, -0.2) is 0 Å². The summed E-state index contributed by atoms with van der Waals surface area (Å²) in [5.74, 6) is 0.0897. The number of hydrogen-bond acceptors (Lipinski definition) is 4. The topological polar surface area (TPSA) is 82.6 Å². The third-order valence-electron chi connectivity index (χ3n) is 3.28. The van der Waals surface area contributed by atoms with Crippen LogP contribution in [0.4, 0.5) is 0 Å². The predicted octanol–water partition coefficient (Wildman–Crippen LogP) is 0.552. The highest BCUT2D eigenvalue weighted by Gasteiger charge is 2.24. The molecule has 1 aromatic rings. The van der Waals surface area contributed by atoms with Gasteiger partial charge in [0, 0.05) is 25.2 Å². The number of aliphatic hydroxyl groups excluding tert-OH is 1. The molecule has 0 bridgehead atoms. The first-order chi connectivity index (χ1) is 9.08. The minimum absolute atomic E-state index is 0.0596. The van der Waals surface area contributed by atoms with Gasteiger partial charge in [0.2, 0.25) is 0 Å². The van der Waals surface area contributed by atoms with Gasteiger partial charge in [-0.1, -0.05) is 24.3 Å². The van der Waals surface area contributed by atoms with E-state index in [1.807, 2.05) is 31.2 Å². The Balaban J connectivity index is 1.98. The molecule has 5 nitrogen and oxygen atoms in total. The molecule has 1 aliphatic heterocycles. The number of hydrogen-bond donors (Lipinski definition) is 3. The van der Waals surface area contributed by atoms with E-state index >= 15 is 0 Å². The summed E-state index contributed by atoms with van der Waals surface area (Å²) < 4.78 is 5.62. The molecule has 1 fully saturated rings. The van der Waals surface area contributed by atoms with E-state index in [1.54, 1.807) is 0 Å². The average molecular weight is 263 g/mol. The SMILES string of the molecule is CC1CN(Cc2ccc(C(=N)N)cc2)CC(CO)O1. The fourth-order valence-electron chi connectivity index (χ4n) is 2.42. The van der Waals surface area contributed by atoms with Crippen LogP contribution in [0.2, 0.25) is 0 Å². The summed E-state index contributed by atoms with van der Waals surface area (Å²) in [4.78, 5) is 2.28. The number of aliphatic hydroxyl groups is 1. The number of ether oxygens (including phenoxy) is 1. The zero-order valence-corrected chi connectivity index (χ0v) is 11.2. The van der Waals surface area contributed by atoms with Crippen LogP contribution >= 0.6 is 0 Å². The largest absolute Gasteiger partial charge is 0.394 e. The molecule has 0 radical (unpaired) electrons. The third-order valence-corrected chi connectivity index (χ3v) is 3.28. The maximum Gasteiger partial charge on any atom is 0.122 e. The zero-order valence-electron chi connectivity index (χ0n) is 11.2. The standard InChI is InChI=1S/C14H21N3O2/c1-10-6-17(8-13(9-18)19-10)7-11-2-4-12(5-3-11)14(15)16/h2-5,10,13,18H,6-9H2,1H3,(H3,15,16). The molecule has 0 saturated carbocycles. The van der Waals surface area contributed by atoms with Crippen molar-refractivity contribution >= 4 is 5.84 Å². The molecular formula is C14H21N3O2. The van der Waals surface area contributed by atoms with Crippen LogP contribution in [0.1, 0.15) is 18.1 Å². The molecule has 19 heavy (non-hydrogen) atoms. The lowest BCUT2D eigenvalue weighted by molar-refractivity contribution is -0.0972. The van der Waals surface area contributed by atoms with Gasteiger partial charge in [0.1, 0.15) is 5.84 Å². The van der Waals surface area contributed by atoms with Crippen molar-refractivity contribution in [3.63, 3.8) is 0 Å². The highest BCUT2D eigenvalue weighted by atomic mass is 16.5. The van der Waals surface area contributed by atoms with Crippen LogP contribution in [0, 0.1) is 5.41 Å². The van der Waals surface area contributed by atoms with Gasteiger partial charge < -0.3 is 15.6 Å². The van der Waals surface area contributed by atoms with E-state index in [-0.39, 0.29) is 24.7 Å². The van der Waals surface area contributed by atoms with Crippen molar-refractivity contribution in [2.24, 2.45) is 5.73 Å². The monoisotopic (exact) mass is 263 g/mol. The van der Waals surface area contributed by atoms with Crippen molar-refractivity contribution < 1.29 is 9.84 Å². The van der Waals surface area contributed by atoms with Gasteiger partial charge in [-0.2, -0.15) is 0 Å². The first-order valence-electron chi connectivity index (χ1n) is 6.50. The quantitative estimate of drug-likeness (QED) is 0.547. The third kappa shape index (κ3) is 3.76. The Morgan fingerprint density at radius 2 is 2.11 bits per heavy atom. The number of amidine groups is 1. The van der Waals surface area contributed by atoms with Crippen molar-refractivity contribution in [3.8, 4) is 0 Å². The van der Waals surface area contributed by atoms with Gasteiger partial charge in [0.25, 0.3) is 0 Å². The number of nitrogens with one attached hydrogen (secondary N) is 1. The summed E-state index contributed by atoms with van der Waals surface area (Å²) in [5.41, 5.74) is 7.35. The number of morpholine rings is 1. The predicted molar refractivity (Wildman–Crippen MR) is 74.2 cm³/mol. The Morgan fingerprint density at radius 1 is 1.42 bits per heavy atom. The first-order valence-corrected chi connectivity index (χ1v) is 6.50. The fraction of sp³-hybridized carbons (Fsp3) is 0.500. The number of benzene rings is 1. The van der Waals surface area contributed by atoms with Crippen molar-refractivity contribution in [1.29, 1.82) is 5.41 Å². The van der Waals surface area contributed by atoms with Crippen LogP contribution in [0.15, 0.2) is 24.3 Å². The highest BCUT2D eigenvalue weighted by molar-refractivity contribution is 5.94. The van der Waals surface area contributed by atoms with E-state index in [1.165, 1.54) is 5.56 Å². The normalized spacial score (nSPS) is 24.3. The van der Waals surface area contributed by atoms with Crippen molar-refractivity contribution in [1.82, 2.24) is 4.90 Å². The zero-order chi connectivity index (χ0) is 13.8. The second kappa shape index (κ2) is 6.14. The van der Waals surface area contributed by atoms with E-state index in [4.69, 9.17) is 15.9 Å². The Hall–Kier alpha value is -1.43. The van der Waals surface area contributed by atoms with Crippen LogP contribution in [-0.4, -0.2) is 47.7 Å². The molecule has 1 heterocycles. The number of nitrogens with zero attached hydrogens (tertiary/aromatic N) is 1. The lowest BCUT2D eigenvalue weighted by Gasteiger charge is -2.36. The lowest BCUT2D eigenvalue weighted by Crippen LogP contribution is -2.47. The highest BCUT2D eigenvalue weighted by Crippen LogP contribution is 2.14. The minimum Gasteiger partial charge on any atom is -0.394 e. The summed E-state index contributed by atoms with van der Waals surface area (Å²) >= 11 is 0.